The van der Waals surface area contributed by atoms with Crippen LogP contribution in [-0.2, 0) is 12.8 Å². The standard InChI is InChI=1S/C14H18FN3/c1-2-16-12(10-14-17-7-8-18-14)9-11-5-3-4-6-13(11)15/h3-8,12,16H,2,9-10H2,1H3,(H,17,18). The van der Waals surface area contributed by atoms with E-state index in [1.165, 1.54) is 6.07 Å². The molecule has 1 unspecified atom stereocenters. The number of halogens is 1. The van der Waals surface area contributed by atoms with Crippen LogP contribution in [0.2, 0.25) is 0 Å². The van der Waals surface area contributed by atoms with Crippen LogP contribution in [0.1, 0.15) is 18.3 Å². The van der Waals surface area contributed by atoms with E-state index in [-0.39, 0.29) is 11.9 Å². The maximum atomic E-state index is 13.6. The Bertz CT molecular complexity index is 468. The van der Waals surface area contributed by atoms with Crippen LogP contribution in [0.3, 0.4) is 0 Å². The summed E-state index contributed by atoms with van der Waals surface area (Å²) in [6.07, 6.45) is 4.99. The molecule has 1 atom stereocenters. The van der Waals surface area contributed by atoms with Crippen LogP contribution in [0.5, 0.6) is 0 Å². The minimum Gasteiger partial charge on any atom is -0.349 e. The quantitative estimate of drug-likeness (QED) is 0.822. The number of aromatic nitrogens is 2. The average Bonchev–Trinajstić information content (AvgIpc) is 2.85. The fourth-order valence-electron chi connectivity index (χ4n) is 2.08. The maximum absolute atomic E-state index is 13.6. The van der Waals surface area contributed by atoms with Crippen molar-refractivity contribution in [3.63, 3.8) is 0 Å². The van der Waals surface area contributed by atoms with Crippen molar-refractivity contribution in [3.05, 3.63) is 53.9 Å². The van der Waals surface area contributed by atoms with Gasteiger partial charge in [-0.25, -0.2) is 9.37 Å². The van der Waals surface area contributed by atoms with Gasteiger partial charge < -0.3 is 10.3 Å². The Morgan fingerprint density at radius 3 is 2.83 bits per heavy atom. The molecular formula is C14H18FN3. The molecule has 1 heterocycles. The lowest BCUT2D eigenvalue weighted by Crippen LogP contribution is -2.33. The molecule has 0 spiro atoms. The van der Waals surface area contributed by atoms with Gasteiger partial charge in [-0.15, -0.1) is 0 Å². The van der Waals surface area contributed by atoms with Gasteiger partial charge in [0.2, 0.25) is 0 Å². The molecule has 1 aromatic heterocycles. The molecule has 0 aliphatic heterocycles. The van der Waals surface area contributed by atoms with Crippen molar-refractivity contribution in [3.8, 4) is 0 Å². The SMILES string of the molecule is CCNC(Cc1ncc[nH]1)Cc1ccccc1F. The van der Waals surface area contributed by atoms with Crippen molar-refractivity contribution in [1.29, 1.82) is 0 Å². The highest BCUT2D eigenvalue weighted by atomic mass is 19.1. The molecule has 0 radical (unpaired) electrons. The molecule has 18 heavy (non-hydrogen) atoms. The summed E-state index contributed by atoms with van der Waals surface area (Å²) in [5.41, 5.74) is 0.745. The molecule has 0 saturated heterocycles. The Morgan fingerprint density at radius 1 is 1.33 bits per heavy atom. The molecule has 1 aromatic carbocycles. The lowest BCUT2D eigenvalue weighted by Gasteiger charge is -2.17. The number of imidazole rings is 1. The van der Waals surface area contributed by atoms with Gasteiger partial charge in [0.05, 0.1) is 0 Å². The molecule has 0 aliphatic carbocycles. The van der Waals surface area contributed by atoms with Crippen LogP contribution in [0.25, 0.3) is 0 Å². The molecule has 2 N–H and O–H groups in total. The van der Waals surface area contributed by atoms with Crippen molar-refractivity contribution in [2.75, 3.05) is 6.54 Å². The minimum absolute atomic E-state index is 0.139. The average molecular weight is 247 g/mol. The Morgan fingerprint density at radius 2 is 2.17 bits per heavy atom. The van der Waals surface area contributed by atoms with Gasteiger partial charge in [0, 0.05) is 24.9 Å². The van der Waals surface area contributed by atoms with Crippen LogP contribution in [0.4, 0.5) is 4.39 Å². The molecule has 2 aromatic rings. The number of hydrogen-bond donors (Lipinski definition) is 2. The summed E-state index contributed by atoms with van der Waals surface area (Å²) in [6.45, 7) is 2.91. The van der Waals surface area contributed by atoms with Crippen LogP contribution in [0, 0.1) is 5.82 Å². The molecule has 2 rings (SSSR count). The molecule has 0 bridgehead atoms. The normalized spacial score (nSPS) is 12.6. The van der Waals surface area contributed by atoms with Gasteiger partial charge in [-0.1, -0.05) is 25.1 Å². The van der Waals surface area contributed by atoms with Crippen molar-refractivity contribution in [2.45, 2.75) is 25.8 Å². The van der Waals surface area contributed by atoms with Gasteiger partial charge in [-0.05, 0) is 24.6 Å². The number of hydrogen-bond acceptors (Lipinski definition) is 2. The zero-order valence-corrected chi connectivity index (χ0v) is 10.5. The van der Waals surface area contributed by atoms with Gasteiger partial charge in [0.25, 0.3) is 0 Å². The topological polar surface area (TPSA) is 40.7 Å². The number of rotatable bonds is 6. The Labute approximate surface area is 106 Å². The summed E-state index contributed by atoms with van der Waals surface area (Å²) in [7, 11) is 0. The van der Waals surface area contributed by atoms with E-state index in [1.807, 2.05) is 12.1 Å². The molecule has 0 aliphatic rings. The lowest BCUT2D eigenvalue weighted by atomic mass is 10.0. The monoisotopic (exact) mass is 247 g/mol. The Balaban J connectivity index is 2.04. The summed E-state index contributed by atoms with van der Waals surface area (Å²) in [4.78, 5) is 7.29. The number of aromatic amines is 1. The third kappa shape index (κ3) is 3.40. The summed E-state index contributed by atoms with van der Waals surface area (Å²) in [6, 6.07) is 7.12. The zero-order chi connectivity index (χ0) is 12.8. The van der Waals surface area contributed by atoms with Crippen molar-refractivity contribution < 1.29 is 4.39 Å². The van der Waals surface area contributed by atoms with E-state index in [0.29, 0.717) is 6.42 Å². The van der Waals surface area contributed by atoms with E-state index in [1.54, 1.807) is 18.5 Å². The van der Waals surface area contributed by atoms with Gasteiger partial charge in [0.1, 0.15) is 11.6 Å². The van der Waals surface area contributed by atoms with Crippen LogP contribution >= 0.6 is 0 Å². The van der Waals surface area contributed by atoms with Gasteiger partial charge in [0.15, 0.2) is 0 Å². The Hall–Kier alpha value is -1.68. The van der Waals surface area contributed by atoms with Gasteiger partial charge >= 0.3 is 0 Å². The fourth-order valence-corrected chi connectivity index (χ4v) is 2.08. The molecule has 0 saturated carbocycles. The van der Waals surface area contributed by atoms with Gasteiger partial charge in [-0.3, -0.25) is 0 Å². The van der Waals surface area contributed by atoms with Gasteiger partial charge in [-0.2, -0.15) is 0 Å². The molecule has 0 amide bonds. The predicted octanol–water partition coefficient (Wildman–Crippen LogP) is 2.31. The smallest absolute Gasteiger partial charge is 0.126 e. The summed E-state index contributed by atoms with van der Waals surface area (Å²) >= 11 is 0. The highest BCUT2D eigenvalue weighted by Crippen LogP contribution is 2.11. The highest BCUT2D eigenvalue weighted by molar-refractivity contribution is 5.18. The van der Waals surface area contributed by atoms with Crippen LogP contribution in [0.15, 0.2) is 36.7 Å². The van der Waals surface area contributed by atoms with E-state index in [4.69, 9.17) is 0 Å². The third-order valence-corrected chi connectivity index (χ3v) is 2.91. The second kappa shape index (κ2) is 6.31. The minimum atomic E-state index is -0.139. The first kappa shape index (κ1) is 12.8. The number of nitrogens with zero attached hydrogens (tertiary/aromatic N) is 1. The summed E-state index contributed by atoms with van der Waals surface area (Å²) < 4.78 is 13.6. The second-order valence-corrected chi connectivity index (χ2v) is 4.29. The molecule has 4 heteroatoms. The molecule has 3 nitrogen and oxygen atoms in total. The Kier molecular flexibility index (Phi) is 4.47. The number of benzene rings is 1. The van der Waals surface area contributed by atoms with E-state index < -0.39 is 0 Å². The predicted molar refractivity (Wildman–Crippen MR) is 69.9 cm³/mol. The first-order chi connectivity index (χ1) is 8.79. The summed E-state index contributed by atoms with van der Waals surface area (Å²) in [5.74, 6) is 0.789. The van der Waals surface area contributed by atoms with Crippen molar-refractivity contribution in [2.24, 2.45) is 0 Å². The van der Waals surface area contributed by atoms with E-state index >= 15 is 0 Å². The lowest BCUT2D eigenvalue weighted by molar-refractivity contribution is 0.498. The number of nitrogens with one attached hydrogen (secondary N) is 2. The number of H-pyrrole nitrogens is 1. The van der Waals surface area contributed by atoms with Crippen molar-refractivity contribution >= 4 is 0 Å². The first-order valence-electron chi connectivity index (χ1n) is 6.24. The fraction of sp³-hybridized carbons (Fsp3) is 0.357. The largest absolute Gasteiger partial charge is 0.349 e. The van der Waals surface area contributed by atoms with E-state index in [0.717, 1.165) is 24.4 Å². The molecular weight excluding hydrogens is 229 g/mol. The van der Waals surface area contributed by atoms with Crippen molar-refractivity contribution in [1.82, 2.24) is 15.3 Å². The summed E-state index contributed by atoms with van der Waals surface area (Å²) in [5, 5.41) is 3.37. The first-order valence-corrected chi connectivity index (χ1v) is 6.24. The van der Waals surface area contributed by atoms with Crippen LogP contribution in [-0.4, -0.2) is 22.6 Å². The number of likely N-dealkylation sites (N-methyl/N-ethyl adjacent to an activating group) is 1. The van der Waals surface area contributed by atoms with Crippen LogP contribution < -0.4 is 5.32 Å². The molecule has 0 fully saturated rings. The molecule has 96 valence electrons. The maximum Gasteiger partial charge on any atom is 0.126 e. The third-order valence-electron chi connectivity index (χ3n) is 2.91. The highest BCUT2D eigenvalue weighted by Gasteiger charge is 2.12. The zero-order valence-electron chi connectivity index (χ0n) is 10.5. The second-order valence-electron chi connectivity index (χ2n) is 4.29. The van der Waals surface area contributed by atoms with E-state index in [2.05, 4.69) is 22.2 Å². The van der Waals surface area contributed by atoms with E-state index in [9.17, 15) is 4.39 Å².